The molecule has 3 aromatic rings. The number of aromatic nitrogens is 4. The smallest absolute Gasteiger partial charge is 0.206 e. The predicted octanol–water partition coefficient (Wildman–Crippen LogP) is 3.50. The van der Waals surface area contributed by atoms with Crippen molar-refractivity contribution in [3.8, 4) is 22.8 Å². The number of halogens is 2. The van der Waals surface area contributed by atoms with E-state index in [1.807, 2.05) is 30.3 Å². The molecule has 1 heterocycles. The summed E-state index contributed by atoms with van der Waals surface area (Å²) in [6.07, 6.45) is 0. The molecule has 98 valence electrons. The second-order valence-corrected chi connectivity index (χ2v) is 4.86. The van der Waals surface area contributed by atoms with Gasteiger partial charge in [-0.05, 0) is 28.1 Å². The zero-order chi connectivity index (χ0) is 13.9. The first-order chi connectivity index (χ1) is 9.75. The molecule has 2 aromatic carbocycles. The third kappa shape index (κ3) is 2.42. The van der Waals surface area contributed by atoms with Gasteiger partial charge in [0.05, 0.1) is 5.56 Å². The standard InChI is InChI=1S/C14H8BrFN4/c15-10-7-4-8-11(16)12(10)14-19-17-13(18-20-14)9-5-2-1-3-6-9/h1-8H. The van der Waals surface area contributed by atoms with E-state index < -0.39 is 5.82 Å². The molecular formula is C14H8BrFN4. The molecule has 0 fully saturated rings. The van der Waals surface area contributed by atoms with Crippen molar-refractivity contribution in [2.75, 3.05) is 0 Å². The molecule has 0 bridgehead atoms. The van der Waals surface area contributed by atoms with Crippen molar-refractivity contribution in [3.05, 3.63) is 58.8 Å². The summed E-state index contributed by atoms with van der Waals surface area (Å²) in [6, 6.07) is 14.0. The average Bonchev–Trinajstić information content (AvgIpc) is 2.49. The molecule has 0 radical (unpaired) electrons. The Morgan fingerprint density at radius 2 is 1.40 bits per heavy atom. The molecule has 1 aromatic heterocycles. The summed E-state index contributed by atoms with van der Waals surface area (Å²) >= 11 is 3.27. The van der Waals surface area contributed by atoms with Gasteiger partial charge >= 0.3 is 0 Å². The van der Waals surface area contributed by atoms with Crippen LogP contribution in [0.3, 0.4) is 0 Å². The van der Waals surface area contributed by atoms with Gasteiger partial charge in [0.15, 0.2) is 0 Å². The largest absolute Gasteiger partial charge is 0.207 e. The van der Waals surface area contributed by atoms with Crippen LogP contribution in [0.2, 0.25) is 0 Å². The Kier molecular flexibility index (Phi) is 3.47. The summed E-state index contributed by atoms with van der Waals surface area (Å²) in [5.41, 5.74) is 1.07. The maximum atomic E-state index is 13.8. The molecule has 0 aliphatic heterocycles. The van der Waals surface area contributed by atoms with Gasteiger partial charge in [-0.2, -0.15) is 0 Å². The Balaban J connectivity index is 2.02. The fraction of sp³-hybridized carbons (Fsp3) is 0. The van der Waals surface area contributed by atoms with Gasteiger partial charge in [-0.1, -0.05) is 36.4 Å². The van der Waals surface area contributed by atoms with Crippen LogP contribution in [0.5, 0.6) is 0 Å². The van der Waals surface area contributed by atoms with Gasteiger partial charge in [-0.25, -0.2) is 4.39 Å². The maximum Gasteiger partial charge on any atom is 0.207 e. The normalized spacial score (nSPS) is 10.5. The van der Waals surface area contributed by atoms with Crippen LogP contribution in [0.25, 0.3) is 22.8 Å². The van der Waals surface area contributed by atoms with E-state index in [9.17, 15) is 4.39 Å². The van der Waals surface area contributed by atoms with Crippen LogP contribution in [-0.2, 0) is 0 Å². The number of hydrogen-bond donors (Lipinski definition) is 0. The van der Waals surface area contributed by atoms with Crippen LogP contribution in [-0.4, -0.2) is 20.4 Å². The van der Waals surface area contributed by atoms with E-state index in [2.05, 4.69) is 36.3 Å². The summed E-state index contributed by atoms with van der Waals surface area (Å²) in [5.74, 6) is 0.131. The van der Waals surface area contributed by atoms with Crippen LogP contribution >= 0.6 is 15.9 Å². The lowest BCUT2D eigenvalue weighted by Crippen LogP contribution is -2.01. The number of benzene rings is 2. The van der Waals surface area contributed by atoms with Crippen molar-refractivity contribution in [2.45, 2.75) is 0 Å². The monoisotopic (exact) mass is 330 g/mol. The third-order valence-electron chi connectivity index (χ3n) is 2.70. The highest BCUT2D eigenvalue weighted by Crippen LogP contribution is 2.27. The molecule has 0 spiro atoms. The van der Waals surface area contributed by atoms with Crippen LogP contribution in [0.4, 0.5) is 4.39 Å². The van der Waals surface area contributed by atoms with Crippen molar-refractivity contribution in [2.24, 2.45) is 0 Å². The molecule has 0 aliphatic carbocycles. The second-order valence-electron chi connectivity index (χ2n) is 4.01. The van der Waals surface area contributed by atoms with Crippen molar-refractivity contribution in [3.63, 3.8) is 0 Å². The van der Waals surface area contributed by atoms with Crippen LogP contribution in [0.1, 0.15) is 0 Å². The molecule has 0 amide bonds. The Labute approximate surface area is 122 Å². The first kappa shape index (κ1) is 12.8. The highest BCUT2D eigenvalue weighted by Gasteiger charge is 2.13. The first-order valence-corrected chi connectivity index (χ1v) is 6.62. The number of hydrogen-bond acceptors (Lipinski definition) is 4. The minimum Gasteiger partial charge on any atom is -0.206 e. The van der Waals surface area contributed by atoms with Gasteiger partial charge in [0, 0.05) is 10.0 Å². The molecule has 0 unspecified atom stereocenters. The van der Waals surface area contributed by atoms with E-state index >= 15 is 0 Å². The average molecular weight is 331 g/mol. The lowest BCUT2D eigenvalue weighted by Gasteiger charge is -2.03. The van der Waals surface area contributed by atoms with Crippen LogP contribution in [0.15, 0.2) is 53.0 Å². The second kappa shape index (κ2) is 5.42. The van der Waals surface area contributed by atoms with Gasteiger partial charge in [-0.3, -0.25) is 0 Å². The van der Waals surface area contributed by atoms with Gasteiger partial charge in [0.1, 0.15) is 5.82 Å². The zero-order valence-electron chi connectivity index (χ0n) is 10.2. The van der Waals surface area contributed by atoms with Gasteiger partial charge in [0.2, 0.25) is 11.6 Å². The molecule has 6 heteroatoms. The van der Waals surface area contributed by atoms with E-state index in [1.54, 1.807) is 12.1 Å². The summed E-state index contributed by atoms with van der Waals surface area (Å²) in [4.78, 5) is 0. The first-order valence-electron chi connectivity index (χ1n) is 5.83. The van der Waals surface area contributed by atoms with E-state index in [0.717, 1.165) is 5.56 Å². The van der Waals surface area contributed by atoms with E-state index in [1.165, 1.54) is 6.07 Å². The summed E-state index contributed by atoms with van der Waals surface area (Å²) in [7, 11) is 0. The van der Waals surface area contributed by atoms with Crippen LogP contribution < -0.4 is 0 Å². The fourth-order valence-electron chi connectivity index (χ4n) is 1.74. The Morgan fingerprint density at radius 3 is 2.05 bits per heavy atom. The summed E-state index contributed by atoms with van der Waals surface area (Å²) in [5, 5.41) is 15.9. The molecule has 0 atom stereocenters. The lowest BCUT2D eigenvalue weighted by atomic mass is 10.2. The molecule has 0 saturated heterocycles. The quantitative estimate of drug-likeness (QED) is 0.721. The Morgan fingerprint density at radius 1 is 0.750 bits per heavy atom. The molecule has 0 saturated carbocycles. The minimum atomic E-state index is -0.421. The Bertz CT molecular complexity index is 712. The number of nitrogens with zero attached hydrogens (tertiary/aromatic N) is 4. The molecule has 0 N–H and O–H groups in total. The number of rotatable bonds is 2. The van der Waals surface area contributed by atoms with E-state index in [0.29, 0.717) is 10.3 Å². The van der Waals surface area contributed by atoms with Crippen molar-refractivity contribution in [1.82, 2.24) is 20.4 Å². The topological polar surface area (TPSA) is 51.6 Å². The van der Waals surface area contributed by atoms with Crippen molar-refractivity contribution >= 4 is 15.9 Å². The maximum absolute atomic E-state index is 13.8. The molecule has 3 rings (SSSR count). The molecule has 0 aliphatic rings. The van der Waals surface area contributed by atoms with Crippen molar-refractivity contribution < 1.29 is 4.39 Å². The highest BCUT2D eigenvalue weighted by atomic mass is 79.9. The van der Waals surface area contributed by atoms with E-state index in [4.69, 9.17) is 0 Å². The summed E-state index contributed by atoms with van der Waals surface area (Å²) < 4.78 is 14.4. The fourth-order valence-corrected chi connectivity index (χ4v) is 2.26. The molecule has 20 heavy (non-hydrogen) atoms. The lowest BCUT2D eigenvalue weighted by molar-refractivity contribution is 0.627. The van der Waals surface area contributed by atoms with Gasteiger partial charge in [-0.15, -0.1) is 20.4 Å². The molecular weight excluding hydrogens is 323 g/mol. The SMILES string of the molecule is Fc1cccc(Br)c1-c1nnc(-c2ccccc2)nn1. The van der Waals surface area contributed by atoms with Gasteiger partial charge in [0.25, 0.3) is 0 Å². The van der Waals surface area contributed by atoms with Crippen molar-refractivity contribution in [1.29, 1.82) is 0 Å². The molecule has 4 nitrogen and oxygen atoms in total. The third-order valence-corrected chi connectivity index (χ3v) is 3.36. The zero-order valence-corrected chi connectivity index (χ0v) is 11.7. The van der Waals surface area contributed by atoms with Gasteiger partial charge < -0.3 is 0 Å². The highest BCUT2D eigenvalue weighted by molar-refractivity contribution is 9.10. The predicted molar refractivity (Wildman–Crippen MR) is 76.2 cm³/mol. The summed E-state index contributed by atoms with van der Waals surface area (Å²) in [6.45, 7) is 0. The van der Waals surface area contributed by atoms with E-state index in [-0.39, 0.29) is 11.4 Å². The van der Waals surface area contributed by atoms with Crippen LogP contribution in [0, 0.1) is 5.82 Å². The minimum absolute atomic E-state index is 0.148. The Hall–Kier alpha value is -2.21.